The Morgan fingerprint density at radius 1 is 1.45 bits per heavy atom. The molecule has 11 heavy (non-hydrogen) atoms. The van der Waals surface area contributed by atoms with Gasteiger partial charge >= 0.3 is 0 Å². The highest BCUT2D eigenvalue weighted by molar-refractivity contribution is 7.80. The lowest BCUT2D eigenvalue weighted by Gasteiger charge is -1.99. The Bertz CT molecular complexity index is 303. The molecule has 0 aliphatic carbocycles. The fourth-order valence-corrected chi connectivity index (χ4v) is 1.03. The Hall–Kier alpha value is -1.14. The minimum absolute atomic E-state index is 0.564. The van der Waals surface area contributed by atoms with Crippen molar-refractivity contribution in [3.05, 3.63) is 23.8 Å². The van der Waals surface area contributed by atoms with Crippen LogP contribution in [0.4, 0.5) is 0 Å². The fourth-order valence-electron chi connectivity index (χ4n) is 0.766. The summed E-state index contributed by atoms with van der Waals surface area (Å²) in [6.07, 6.45) is 0. The van der Waals surface area contributed by atoms with Gasteiger partial charge in [-0.1, -0.05) is 0 Å². The number of hydrogen-bond acceptors (Lipinski definition) is 3. The van der Waals surface area contributed by atoms with Crippen LogP contribution >= 0.6 is 12.6 Å². The predicted octanol–water partition coefficient (Wildman–Crippen LogP) is 1.86. The number of thiol groups is 1. The van der Waals surface area contributed by atoms with Crippen molar-refractivity contribution >= 4 is 12.6 Å². The molecule has 0 spiro atoms. The van der Waals surface area contributed by atoms with E-state index in [0.29, 0.717) is 11.3 Å². The van der Waals surface area contributed by atoms with Crippen molar-refractivity contribution in [3.8, 4) is 11.8 Å². The van der Waals surface area contributed by atoms with Crippen molar-refractivity contribution in [2.75, 3.05) is 7.11 Å². The summed E-state index contributed by atoms with van der Waals surface area (Å²) in [6, 6.07) is 7.12. The Morgan fingerprint density at radius 2 is 2.18 bits per heavy atom. The molecule has 0 radical (unpaired) electrons. The molecule has 0 bridgehead atoms. The Balaban J connectivity index is 3.15. The third kappa shape index (κ3) is 1.89. The van der Waals surface area contributed by atoms with Crippen LogP contribution in [0.5, 0.6) is 5.75 Å². The molecule has 1 rings (SSSR count). The number of nitriles is 1. The smallest absolute Gasteiger partial charge is 0.121 e. The molecule has 0 amide bonds. The van der Waals surface area contributed by atoms with E-state index in [1.807, 2.05) is 6.07 Å². The van der Waals surface area contributed by atoms with E-state index in [-0.39, 0.29) is 0 Å². The first-order valence-corrected chi connectivity index (χ1v) is 3.49. The maximum Gasteiger partial charge on any atom is 0.121 e. The number of nitrogens with zero attached hydrogens (tertiary/aromatic N) is 1. The topological polar surface area (TPSA) is 33.0 Å². The maximum absolute atomic E-state index is 8.54. The predicted molar refractivity (Wildman–Crippen MR) is 45.0 cm³/mol. The van der Waals surface area contributed by atoms with Gasteiger partial charge in [0.05, 0.1) is 18.7 Å². The maximum atomic E-state index is 8.54. The quantitative estimate of drug-likeness (QED) is 0.644. The van der Waals surface area contributed by atoms with Crippen molar-refractivity contribution in [1.29, 1.82) is 5.26 Å². The number of methoxy groups -OCH3 is 1. The van der Waals surface area contributed by atoms with Gasteiger partial charge < -0.3 is 4.74 Å². The third-order valence-corrected chi connectivity index (χ3v) is 1.51. The zero-order valence-electron chi connectivity index (χ0n) is 6.03. The van der Waals surface area contributed by atoms with Crippen LogP contribution in [0.2, 0.25) is 0 Å². The van der Waals surface area contributed by atoms with E-state index in [4.69, 9.17) is 10.00 Å². The molecule has 0 fully saturated rings. The molecule has 0 aliphatic heterocycles. The summed E-state index contributed by atoms with van der Waals surface area (Å²) in [7, 11) is 1.56. The minimum Gasteiger partial charge on any atom is -0.497 e. The number of rotatable bonds is 1. The van der Waals surface area contributed by atoms with E-state index < -0.39 is 0 Å². The second-order valence-electron chi connectivity index (χ2n) is 2.03. The summed E-state index contributed by atoms with van der Waals surface area (Å²) < 4.78 is 4.94. The molecule has 0 aliphatic rings. The van der Waals surface area contributed by atoms with Gasteiger partial charge in [0, 0.05) is 4.90 Å². The highest BCUT2D eigenvalue weighted by Gasteiger charge is 1.96. The summed E-state index contributed by atoms with van der Waals surface area (Å²) in [5.41, 5.74) is 0.564. The molecule has 0 N–H and O–H groups in total. The standard InChI is InChI=1S/C8H7NOS/c1-10-7-2-6(5-9)3-8(11)4-7/h2-4,11H,1H3. The first kappa shape index (κ1) is 7.96. The summed E-state index contributed by atoms with van der Waals surface area (Å²) in [5, 5.41) is 8.54. The molecule has 0 saturated heterocycles. The molecule has 0 saturated carbocycles. The fraction of sp³-hybridized carbons (Fsp3) is 0.125. The molecule has 56 valence electrons. The molecule has 3 heteroatoms. The molecule has 1 aromatic carbocycles. The Kier molecular flexibility index (Phi) is 2.40. The zero-order chi connectivity index (χ0) is 8.27. The van der Waals surface area contributed by atoms with Crippen LogP contribution in [0.3, 0.4) is 0 Å². The van der Waals surface area contributed by atoms with Crippen LogP contribution in [-0.4, -0.2) is 7.11 Å². The van der Waals surface area contributed by atoms with Crippen molar-refractivity contribution < 1.29 is 4.74 Å². The summed E-state index contributed by atoms with van der Waals surface area (Å²) >= 11 is 4.10. The average molecular weight is 165 g/mol. The molecular weight excluding hydrogens is 158 g/mol. The van der Waals surface area contributed by atoms with Crippen LogP contribution in [-0.2, 0) is 0 Å². The van der Waals surface area contributed by atoms with Gasteiger partial charge in [-0.15, -0.1) is 12.6 Å². The second kappa shape index (κ2) is 3.31. The van der Waals surface area contributed by atoms with Crippen LogP contribution in [0, 0.1) is 11.3 Å². The summed E-state index contributed by atoms with van der Waals surface area (Å²) in [6.45, 7) is 0. The van der Waals surface area contributed by atoms with Gasteiger partial charge in [-0.3, -0.25) is 0 Å². The van der Waals surface area contributed by atoms with E-state index >= 15 is 0 Å². The van der Waals surface area contributed by atoms with Crippen LogP contribution < -0.4 is 4.74 Å². The SMILES string of the molecule is COc1cc(S)cc(C#N)c1. The minimum atomic E-state index is 0.564. The van der Waals surface area contributed by atoms with Crippen LogP contribution in [0.1, 0.15) is 5.56 Å². The lowest BCUT2D eigenvalue weighted by molar-refractivity contribution is 0.413. The van der Waals surface area contributed by atoms with Crippen LogP contribution in [0.25, 0.3) is 0 Å². The molecule has 0 heterocycles. The zero-order valence-corrected chi connectivity index (χ0v) is 6.93. The van der Waals surface area contributed by atoms with Gasteiger partial charge in [-0.05, 0) is 18.2 Å². The molecule has 0 unspecified atom stereocenters. The average Bonchev–Trinajstić information content (AvgIpc) is 2.03. The van der Waals surface area contributed by atoms with Crippen LogP contribution in [0.15, 0.2) is 23.1 Å². The van der Waals surface area contributed by atoms with Gasteiger partial charge in [-0.25, -0.2) is 0 Å². The van der Waals surface area contributed by atoms with E-state index in [1.54, 1.807) is 25.3 Å². The number of benzene rings is 1. The van der Waals surface area contributed by atoms with Crippen molar-refractivity contribution in [3.63, 3.8) is 0 Å². The number of ether oxygens (including phenoxy) is 1. The molecule has 0 aromatic heterocycles. The van der Waals surface area contributed by atoms with E-state index in [1.165, 1.54) is 0 Å². The molecule has 0 atom stereocenters. The first-order chi connectivity index (χ1) is 5.26. The molecule has 1 aromatic rings. The lowest BCUT2D eigenvalue weighted by atomic mass is 10.2. The van der Waals surface area contributed by atoms with Gasteiger partial charge in [0.25, 0.3) is 0 Å². The highest BCUT2D eigenvalue weighted by Crippen LogP contribution is 2.18. The Labute approximate surface area is 70.8 Å². The third-order valence-electron chi connectivity index (χ3n) is 1.26. The van der Waals surface area contributed by atoms with Crippen molar-refractivity contribution in [2.45, 2.75) is 4.90 Å². The largest absolute Gasteiger partial charge is 0.497 e. The molecular formula is C8H7NOS. The number of hydrogen-bond donors (Lipinski definition) is 1. The van der Waals surface area contributed by atoms with E-state index in [2.05, 4.69) is 12.6 Å². The van der Waals surface area contributed by atoms with Gasteiger partial charge in [0.15, 0.2) is 0 Å². The van der Waals surface area contributed by atoms with E-state index in [9.17, 15) is 0 Å². The van der Waals surface area contributed by atoms with Gasteiger partial charge in [0.1, 0.15) is 5.75 Å². The molecule has 2 nitrogen and oxygen atoms in total. The summed E-state index contributed by atoms with van der Waals surface area (Å²) in [4.78, 5) is 0.737. The Morgan fingerprint density at radius 3 is 2.73 bits per heavy atom. The lowest BCUT2D eigenvalue weighted by Crippen LogP contribution is -1.83. The second-order valence-corrected chi connectivity index (χ2v) is 2.55. The van der Waals surface area contributed by atoms with Crippen molar-refractivity contribution in [1.82, 2.24) is 0 Å². The first-order valence-electron chi connectivity index (χ1n) is 3.04. The van der Waals surface area contributed by atoms with Gasteiger partial charge in [0.2, 0.25) is 0 Å². The highest BCUT2D eigenvalue weighted by atomic mass is 32.1. The normalized spacial score (nSPS) is 8.82. The van der Waals surface area contributed by atoms with Gasteiger partial charge in [-0.2, -0.15) is 5.26 Å². The van der Waals surface area contributed by atoms with Crippen molar-refractivity contribution in [2.24, 2.45) is 0 Å². The summed E-state index contributed by atoms with van der Waals surface area (Å²) in [5.74, 6) is 0.661. The monoisotopic (exact) mass is 165 g/mol. The van der Waals surface area contributed by atoms with E-state index in [0.717, 1.165) is 4.90 Å².